The van der Waals surface area contributed by atoms with E-state index in [2.05, 4.69) is 22.4 Å². The highest BCUT2D eigenvalue weighted by Gasteiger charge is 2.07. The molecule has 0 bridgehead atoms. The second-order valence-corrected chi connectivity index (χ2v) is 3.41. The van der Waals surface area contributed by atoms with Crippen LogP contribution < -0.4 is 10.5 Å². The first kappa shape index (κ1) is 10.4. The number of aryl methyl sites for hydroxylation is 2. The van der Waals surface area contributed by atoms with Gasteiger partial charge in [-0.05, 0) is 34.5 Å². The van der Waals surface area contributed by atoms with Gasteiger partial charge in [-0.2, -0.15) is 4.68 Å². The molecule has 0 saturated carbocycles. The molecule has 2 N–H and O–H groups in total. The summed E-state index contributed by atoms with van der Waals surface area (Å²) in [6.07, 6.45) is 0.940. The summed E-state index contributed by atoms with van der Waals surface area (Å²) in [5.41, 5.74) is 7.61. The Morgan fingerprint density at radius 2 is 2.25 bits per heavy atom. The number of nitrogens with zero attached hydrogens (tertiary/aromatic N) is 4. The molecular formula is C10H13N5O. The van der Waals surface area contributed by atoms with Crippen molar-refractivity contribution in [1.82, 2.24) is 20.2 Å². The van der Waals surface area contributed by atoms with Crippen molar-refractivity contribution < 1.29 is 4.74 Å². The number of ether oxygens (including phenoxy) is 1. The molecule has 2 rings (SSSR count). The van der Waals surface area contributed by atoms with Crippen LogP contribution in [0.3, 0.4) is 0 Å². The Labute approximate surface area is 93.0 Å². The number of tetrazole rings is 1. The van der Waals surface area contributed by atoms with Crippen LogP contribution in [0.2, 0.25) is 0 Å². The van der Waals surface area contributed by atoms with E-state index in [0.29, 0.717) is 17.4 Å². The van der Waals surface area contributed by atoms with Crippen molar-refractivity contribution in [2.24, 2.45) is 7.05 Å². The fourth-order valence-corrected chi connectivity index (χ4v) is 1.32. The zero-order valence-electron chi connectivity index (χ0n) is 9.21. The summed E-state index contributed by atoms with van der Waals surface area (Å²) in [7, 11) is 1.70. The number of rotatable bonds is 3. The van der Waals surface area contributed by atoms with Crippen LogP contribution in [-0.2, 0) is 13.5 Å². The molecule has 0 atom stereocenters. The van der Waals surface area contributed by atoms with Crippen molar-refractivity contribution in [2.75, 3.05) is 5.73 Å². The quantitative estimate of drug-likeness (QED) is 0.783. The largest absolute Gasteiger partial charge is 0.421 e. The predicted octanol–water partition coefficient (Wildman–Crippen LogP) is 1.15. The number of benzene rings is 1. The molecule has 0 aliphatic heterocycles. The van der Waals surface area contributed by atoms with E-state index in [1.54, 1.807) is 7.05 Å². The van der Waals surface area contributed by atoms with Gasteiger partial charge in [-0.1, -0.05) is 18.1 Å². The third-order valence-corrected chi connectivity index (χ3v) is 2.26. The van der Waals surface area contributed by atoms with E-state index in [9.17, 15) is 0 Å². The van der Waals surface area contributed by atoms with Crippen LogP contribution in [0.1, 0.15) is 12.5 Å². The SMILES string of the molecule is CCc1ccc(Oc2nnnn2C)c(N)c1. The molecule has 1 heterocycles. The van der Waals surface area contributed by atoms with Crippen molar-refractivity contribution >= 4 is 5.69 Å². The minimum absolute atomic E-state index is 0.316. The maximum atomic E-state index is 5.86. The van der Waals surface area contributed by atoms with Gasteiger partial charge < -0.3 is 10.5 Å². The second-order valence-electron chi connectivity index (χ2n) is 3.41. The van der Waals surface area contributed by atoms with Gasteiger partial charge in [0, 0.05) is 7.05 Å². The van der Waals surface area contributed by atoms with Gasteiger partial charge in [0.05, 0.1) is 5.69 Å². The lowest BCUT2D eigenvalue weighted by Gasteiger charge is -2.07. The number of hydrogen-bond acceptors (Lipinski definition) is 5. The highest BCUT2D eigenvalue weighted by Crippen LogP contribution is 2.26. The Balaban J connectivity index is 2.25. The van der Waals surface area contributed by atoms with Crippen LogP contribution >= 0.6 is 0 Å². The molecule has 0 spiro atoms. The number of nitrogens with two attached hydrogens (primary N) is 1. The average Bonchev–Trinajstić information content (AvgIpc) is 2.67. The summed E-state index contributed by atoms with van der Waals surface area (Å²) < 4.78 is 6.92. The number of nitrogen functional groups attached to an aromatic ring is 1. The van der Waals surface area contributed by atoms with Gasteiger partial charge >= 0.3 is 6.01 Å². The van der Waals surface area contributed by atoms with E-state index >= 15 is 0 Å². The number of aromatic nitrogens is 4. The van der Waals surface area contributed by atoms with Crippen LogP contribution in [0.4, 0.5) is 5.69 Å². The maximum absolute atomic E-state index is 5.86. The second kappa shape index (κ2) is 4.18. The van der Waals surface area contributed by atoms with Crippen molar-refractivity contribution in [1.29, 1.82) is 0 Å². The Morgan fingerprint density at radius 1 is 1.44 bits per heavy atom. The monoisotopic (exact) mass is 219 g/mol. The van der Waals surface area contributed by atoms with Crippen LogP contribution in [0.25, 0.3) is 0 Å². The molecule has 0 radical (unpaired) electrons. The van der Waals surface area contributed by atoms with Gasteiger partial charge in [0.1, 0.15) is 0 Å². The Kier molecular flexibility index (Phi) is 2.72. The predicted molar refractivity (Wildman–Crippen MR) is 59.1 cm³/mol. The highest BCUT2D eigenvalue weighted by molar-refractivity contribution is 5.55. The summed E-state index contributed by atoms with van der Waals surface area (Å²) in [5.74, 6) is 0.565. The molecule has 0 unspecified atom stereocenters. The first-order chi connectivity index (χ1) is 7.70. The fourth-order valence-electron chi connectivity index (χ4n) is 1.32. The van der Waals surface area contributed by atoms with E-state index in [-0.39, 0.29) is 0 Å². The minimum Gasteiger partial charge on any atom is -0.421 e. The van der Waals surface area contributed by atoms with Crippen molar-refractivity contribution in [3.63, 3.8) is 0 Å². The molecule has 6 nitrogen and oxygen atoms in total. The molecule has 84 valence electrons. The van der Waals surface area contributed by atoms with Crippen molar-refractivity contribution in [3.8, 4) is 11.8 Å². The normalized spacial score (nSPS) is 10.4. The number of hydrogen-bond donors (Lipinski definition) is 1. The first-order valence-electron chi connectivity index (χ1n) is 4.99. The van der Waals surface area contributed by atoms with Crippen LogP contribution in [0.15, 0.2) is 18.2 Å². The van der Waals surface area contributed by atoms with Gasteiger partial charge in [0.2, 0.25) is 0 Å². The third kappa shape index (κ3) is 1.95. The van der Waals surface area contributed by atoms with E-state index in [0.717, 1.165) is 6.42 Å². The van der Waals surface area contributed by atoms with E-state index in [1.165, 1.54) is 10.2 Å². The standard InChI is InChI=1S/C10H13N5O/c1-3-7-4-5-9(8(11)6-7)16-10-12-13-14-15(10)2/h4-6H,3,11H2,1-2H3. The fraction of sp³-hybridized carbons (Fsp3) is 0.300. The third-order valence-electron chi connectivity index (χ3n) is 2.26. The lowest BCUT2D eigenvalue weighted by atomic mass is 10.1. The summed E-state index contributed by atoms with van der Waals surface area (Å²) >= 11 is 0. The molecule has 0 fully saturated rings. The molecule has 16 heavy (non-hydrogen) atoms. The molecule has 2 aromatic rings. The van der Waals surface area contributed by atoms with Crippen LogP contribution in [-0.4, -0.2) is 20.2 Å². The summed E-state index contributed by atoms with van der Waals surface area (Å²) in [5, 5.41) is 10.9. The molecule has 0 saturated heterocycles. The van der Waals surface area contributed by atoms with E-state index in [4.69, 9.17) is 10.5 Å². The van der Waals surface area contributed by atoms with Crippen LogP contribution in [0, 0.1) is 0 Å². The first-order valence-corrected chi connectivity index (χ1v) is 4.99. The Morgan fingerprint density at radius 3 is 2.81 bits per heavy atom. The Bertz CT molecular complexity index is 494. The molecule has 0 amide bonds. The van der Waals surface area contributed by atoms with Gasteiger partial charge in [0.25, 0.3) is 0 Å². The zero-order chi connectivity index (χ0) is 11.5. The number of anilines is 1. The molecule has 1 aromatic carbocycles. The molecule has 1 aromatic heterocycles. The van der Waals surface area contributed by atoms with E-state index in [1.807, 2.05) is 18.2 Å². The highest BCUT2D eigenvalue weighted by atomic mass is 16.5. The van der Waals surface area contributed by atoms with Gasteiger partial charge in [0.15, 0.2) is 5.75 Å². The molecule has 0 aliphatic rings. The molecular weight excluding hydrogens is 206 g/mol. The molecule has 6 heteroatoms. The summed E-state index contributed by atoms with van der Waals surface area (Å²) in [6.45, 7) is 2.07. The molecule has 0 aliphatic carbocycles. The van der Waals surface area contributed by atoms with Crippen molar-refractivity contribution in [3.05, 3.63) is 23.8 Å². The van der Waals surface area contributed by atoms with E-state index < -0.39 is 0 Å². The van der Waals surface area contributed by atoms with Crippen LogP contribution in [0.5, 0.6) is 11.8 Å². The lowest BCUT2D eigenvalue weighted by molar-refractivity contribution is 0.416. The maximum Gasteiger partial charge on any atom is 0.340 e. The average molecular weight is 219 g/mol. The Hall–Kier alpha value is -2.11. The summed E-state index contributed by atoms with van der Waals surface area (Å²) in [6, 6.07) is 5.99. The smallest absolute Gasteiger partial charge is 0.340 e. The van der Waals surface area contributed by atoms with Gasteiger partial charge in [-0.3, -0.25) is 0 Å². The topological polar surface area (TPSA) is 78.9 Å². The minimum atomic E-state index is 0.316. The lowest BCUT2D eigenvalue weighted by Crippen LogP contribution is -1.99. The summed E-state index contributed by atoms with van der Waals surface area (Å²) in [4.78, 5) is 0. The van der Waals surface area contributed by atoms with Gasteiger partial charge in [-0.25, -0.2) is 0 Å². The van der Waals surface area contributed by atoms with Gasteiger partial charge in [-0.15, -0.1) is 0 Å². The van der Waals surface area contributed by atoms with Crippen molar-refractivity contribution in [2.45, 2.75) is 13.3 Å². The zero-order valence-corrected chi connectivity index (χ0v) is 9.21.